The van der Waals surface area contributed by atoms with Crippen LogP contribution in [0, 0.1) is 0 Å². The summed E-state index contributed by atoms with van der Waals surface area (Å²) in [6.07, 6.45) is 5.43. The van der Waals surface area contributed by atoms with Crippen molar-refractivity contribution in [1.82, 2.24) is 4.72 Å². The van der Waals surface area contributed by atoms with Gasteiger partial charge in [-0.3, -0.25) is 0 Å². The molecule has 0 aliphatic heterocycles. The quantitative estimate of drug-likeness (QED) is 0.622. The highest BCUT2D eigenvalue weighted by atomic mass is 32.2. The van der Waals surface area contributed by atoms with E-state index in [9.17, 15) is 4.21 Å². The first-order valence-electron chi connectivity index (χ1n) is 7.00. The zero-order chi connectivity index (χ0) is 13.7. The number of nitrogens with zero attached hydrogens (tertiary/aromatic N) is 1. The Labute approximate surface area is 116 Å². The van der Waals surface area contributed by atoms with Crippen LogP contribution < -0.4 is 10.5 Å². The van der Waals surface area contributed by atoms with Crippen molar-refractivity contribution >= 4 is 15.6 Å². The molecule has 1 unspecified atom stereocenters. The number of benzene rings is 1. The molecule has 0 amide bonds. The van der Waals surface area contributed by atoms with Crippen LogP contribution in [0.3, 0.4) is 0 Å². The minimum atomic E-state index is -2.50. The monoisotopic (exact) mass is 281 g/mol. The highest BCUT2D eigenvalue weighted by Crippen LogP contribution is 2.22. The van der Waals surface area contributed by atoms with E-state index in [4.69, 9.17) is 5.73 Å². The maximum absolute atomic E-state index is 13.1. The van der Waals surface area contributed by atoms with Crippen LogP contribution in [0.4, 0.5) is 5.69 Å². The van der Waals surface area contributed by atoms with Gasteiger partial charge in [0.1, 0.15) is 9.92 Å². The van der Waals surface area contributed by atoms with Crippen molar-refractivity contribution in [3.63, 3.8) is 0 Å². The van der Waals surface area contributed by atoms with Gasteiger partial charge in [-0.15, -0.1) is 0 Å². The number of nitrogen functional groups attached to an aromatic ring is 1. The third-order valence-electron chi connectivity index (χ3n) is 3.42. The van der Waals surface area contributed by atoms with E-state index in [0.717, 1.165) is 30.6 Å². The first kappa shape index (κ1) is 14.3. The van der Waals surface area contributed by atoms with Crippen molar-refractivity contribution < 1.29 is 4.21 Å². The molecular formula is C14H23N3OS. The molecule has 1 aromatic rings. The number of hydrogen-bond acceptors (Lipinski definition) is 3. The van der Waals surface area contributed by atoms with Gasteiger partial charge in [-0.2, -0.15) is 0 Å². The second-order valence-electron chi connectivity index (χ2n) is 5.05. The lowest BCUT2D eigenvalue weighted by Crippen LogP contribution is -2.39. The van der Waals surface area contributed by atoms with Crippen molar-refractivity contribution in [2.45, 2.75) is 50.0 Å². The predicted octanol–water partition coefficient (Wildman–Crippen LogP) is 2.95. The minimum absolute atomic E-state index is 0.343. The van der Waals surface area contributed by atoms with Gasteiger partial charge in [0.05, 0.1) is 4.90 Å². The van der Waals surface area contributed by atoms with Crippen LogP contribution in [-0.2, 0) is 9.92 Å². The molecule has 1 fully saturated rings. The highest BCUT2D eigenvalue weighted by Gasteiger charge is 2.23. The first-order valence-corrected chi connectivity index (χ1v) is 8.51. The van der Waals surface area contributed by atoms with E-state index in [1.165, 1.54) is 6.42 Å². The average molecular weight is 281 g/mol. The predicted molar refractivity (Wildman–Crippen MR) is 80.2 cm³/mol. The summed E-state index contributed by atoms with van der Waals surface area (Å²) in [5.41, 5.74) is 6.37. The van der Waals surface area contributed by atoms with E-state index >= 15 is 0 Å². The van der Waals surface area contributed by atoms with E-state index < -0.39 is 9.92 Å². The van der Waals surface area contributed by atoms with Gasteiger partial charge in [0.15, 0.2) is 0 Å². The van der Waals surface area contributed by atoms with Gasteiger partial charge in [0, 0.05) is 18.3 Å². The summed E-state index contributed by atoms with van der Waals surface area (Å²) in [5, 5.41) is 0. The lowest BCUT2D eigenvalue weighted by atomic mass is 9.94. The van der Waals surface area contributed by atoms with Gasteiger partial charge in [-0.25, -0.2) is 13.3 Å². The number of nitrogens with two attached hydrogens (primary N) is 1. The number of unbranched alkanes of at least 4 members (excludes halogenated alkanes) is 1. The molecule has 1 saturated carbocycles. The number of anilines is 1. The van der Waals surface area contributed by atoms with E-state index in [1.807, 2.05) is 12.1 Å². The summed E-state index contributed by atoms with van der Waals surface area (Å²) in [6, 6.07) is 7.55. The molecule has 0 saturated heterocycles. The molecule has 0 heterocycles. The minimum Gasteiger partial charge on any atom is -0.399 e. The second-order valence-corrected chi connectivity index (χ2v) is 7.06. The SMILES string of the molecule is CCCCN=S(=O)(NC1CCC1)c1ccc(N)cc1. The molecular weight excluding hydrogens is 258 g/mol. The first-order chi connectivity index (χ1) is 9.14. The van der Waals surface area contributed by atoms with E-state index in [2.05, 4.69) is 16.0 Å². The van der Waals surface area contributed by atoms with Crippen molar-refractivity contribution in [3.05, 3.63) is 24.3 Å². The largest absolute Gasteiger partial charge is 0.399 e. The fraction of sp³-hybridized carbons (Fsp3) is 0.571. The maximum Gasteiger partial charge on any atom is 0.137 e. The van der Waals surface area contributed by atoms with Crippen LogP contribution in [0.2, 0.25) is 0 Å². The molecule has 2 rings (SSSR count). The molecule has 106 valence electrons. The van der Waals surface area contributed by atoms with Crippen LogP contribution in [0.25, 0.3) is 0 Å². The molecule has 1 atom stereocenters. The molecule has 0 spiro atoms. The third-order valence-corrected chi connectivity index (χ3v) is 5.53. The van der Waals surface area contributed by atoms with E-state index in [-0.39, 0.29) is 0 Å². The molecule has 5 heteroatoms. The van der Waals surface area contributed by atoms with E-state index in [0.29, 0.717) is 18.3 Å². The van der Waals surface area contributed by atoms with Crippen LogP contribution in [0.15, 0.2) is 33.5 Å². The molecule has 1 aliphatic carbocycles. The fourth-order valence-corrected chi connectivity index (χ4v) is 3.87. The van der Waals surface area contributed by atoms with Crippen LogP contribution in [0.5, 0.6) is 0 Å². The van der Waals surface area contributed by atoms with E-state index in [1.54, 1.807) is 12.1 Å². The molecule has 19 heavy (non-hydrogen) atoms. The lowest BCUT2D eigenvalue weighted by Gasteiger charge is -2.28. The Morgan fingerprint density at radius 1 is 1.37 bits per heavy atom. The summed E-state index contributed by atoms with van der Waals surface area (Å²) in [4.78, 5) is 0.740. The molecule has 0 aromatic heterocycles. The molecule has 0 radical (unpaired) electrons. The maximum atomic E-state index is 13.1. The summed E-state index contributed by atoms with van der Waals surface area (Å²) in [7, 11) is -2.50. The van der Waals surface area contributed by atoms with Gasteiger partial charge < -0.3 is 5.73 Å². The molecule has 1 aromatic carbocycles. The Bertz CT molecular complexity index is 514. The highest BCUT2D eigenvalue weighted by molar-refractivity contribution is 7.91. The fourth-order valence-electron chi connectivity index (χ4n) is 1.94. The molecule has 4 nitrogen and oxygen atoms in total. The number of nitrogens with one attached hydrogen (secondary N) is 1. The summed E-state index contributed by atoms with van der Waals surface area (Å²) in [5.74, 6) is 0. The van der Waals surface area contributed by atoms with Crippen LogP contribution in [0.1, 0.15) is 39.0 Å². The Morgan fingerprint density at radius 2 is 2.05 bits per heavy atom. The number of hydrogen-bond donors (Lipinski definition) is 2. The standard InChI is InChI=1S/C14H23N3OS/c1-2-3-11-16-19(18,17-13-5-4-6-13)14-9-7-12(15)8-10-14/h7-10,13H,2-6,11,15H2,1H3,(H,16,17,18). The Morgan fingerprint density at radius 3 is 2.58 bits per heavy atom. The Kier molecular flexibility index (Phi) is 4.82. The summed E-state index contributed by atoms with van der Waals surface area (Å²) >= 11 is 0. The zero-order valence-corrected chi connectivity index (χ0v) is 12.3. The average Bonchev–Trinajstić information content (AvgIpc) is 2.35. The number of rotatable bonds is 6. The van der Waals surface area contributed by atoms with Crippen LogP contribution >= 0.6 is 0 Å². The summed E-state index contributed by atoms with van der Waals surface area (Å²) in [6.45, 7) is 2.75. The van der Waals surface area contributed by atoms with Gasteiger partial charge in [0.25, 0.3) is 0 Å². The van der Waals surface area contributed by atoms with Crippen LogP contribution in [-0.4, -0.2) is 16.8 Å². The normalized spacial score (nSPS) is 18.6. The smallest absolute Gasteiger partial charge is 0.137 e. The van der Waals surface area contributed by atoms with Gasteiger partial charge in [-0.05, 0) is 43.5 Å². The van der Waals surface area contributed by atoms with Crippen molar-refractivity contribution in [2.24, 2.45) is 4.36 Å². The van der Waals surface area contributed by atoms with Gasteiger partial charge >= 0.3 is 0 Å². The van der Waals surface area contributed by atoms with Crippen molar-refractivity contribution in [1.29, 1.82) is 0 Å². The van der Waals surface area contributed by atoms with Crippen molar-refractivity contribution in [3.8, 4) is 0 Å². The summed E-state index contributed by atoms with van der Waals surface area (Å²) < 4.78 is 20.7. The third kappa shape index (κ3) is 3.70. The van der Waals surface area contributed by atoms with Crippen molar-refractivity contribution in [2.75, 3.05) is 12.3 Å². The molecule has 1 aliphatic rings. The topological polar surface area (TPSA) is 67.5 Å². The zero-order valence-electron chi connectivity index (χ0n) is 11.5. The van der Waals surface area contributed by atoms with Gasteiger partial charge in [0.2, 0.25) is 0 Å². The lowest BCUT2D eigenvalue weighted by molar-refractivity contribution is 0.389. The molecule has 0 bridgehead atoms. The Balaban J connectivity index is 2.24. The second kappa shape index (κ2) is 6.39. The van der Waals surface area contributed by atoms with Gasteiger partial charge in [-0.1, -0.05) is 19.8 Å². The molecule has 3 N–H and O–H groups in total. The Hall–Kier alpha value is -1.07.